The van der Waals surface area contributed by atoms with Gasteiger partial charge in [0.05, 0.1) is 9.85 Å². The molecule has 0 aliphatic carbocycles. The third-order valence-electron chi connectivity index (χ3n) is 3.96. The first-order valence-electron chi connectivity index (χ1n) is 8.39. The molecule has 1 aromatic heterocycles. The number of nitro groups is 2. The average Bonchev–Trinajstić information content (AvgIpc) is 3.20. The van der Waals surface area contributed by atoms with E-state index in [4.69, 9.17) is 4.42 Å². The molecule has 0 spiro atoms. The maximum atomic E-state index is 12.3. The van der Waals surface area contributed by atoms with Crippen LogP contribution in [0.4, 0.5) is 17.1 Å². The van der Waals surface area contributed by atoms with Crippen molar-refractivity contribution in [1.29, 1.82) is 5.26 Å². The topological polar surface area (TPSA) is 152 Å². The maximum Gasteiger partial charge on any atom is 0.271 e. The molecule has 148 valence electrons. The molecule has 1 heterocycles. The summed E-state index contributed by atoms with van der Waals surface area (Å²) >= 11 is 0. The van der Waals surface area contributed by atoms with Crippen LogP contribution < -0.4 is 5.32 Å². The van der Waals surface area contributed by atoms with Crippen molar-refractivity contribution < 1.29 is 19.1 Å². The molecule has 0 saturated heterocycles. The highest BCUT2D eigenvalue weighted by Crippen LogP contribution is 2.25. The van der Waals surface area contributed by atoms with Crippen molar-refractivity contribution in [2.75, 3.05) is 5.32 Å². The minimum Gasteiger partial charge on any atom is -0.457 e. The van der Waals surface area contributed by atoms with Gasteiger partial charge in [0.25, 0.3) is 17.3 Å². The van der Waals surface area contributed by atoms with Gasteiger partial charge in [-0.2, -0.15) is 5.26 Å². The highest BCUT2D eigenvalue weighted by Gasteiger charge is 2.14. The van der Waals surface area contributed by atoms with Crippen molar-refractivity contribution in [1.82, 2.24) is 0 Å². The van der Waals surface area contributed by atoms with E-state index >= 15 is 0 Å². The monoisotopic (exact) mass is 404 g/mol. The van der Waals surface area contributed by atoms with Crippen molar-refractivity contribution in [3.05, 3.63) is 92.2 Å². The molecule has 10 nitrogen and oxygen atoms in total. The van der Waals surface area contributed by atoms with E-state index in [2.05, 4.69) is 5.32 Å². The molecule has 2 aromatic carbocycles. The predicted molar refractivity (Wildman–Crippen MR) is 106 cm³/mol. The number of amides is 1. The molecule has 0 atom stereocenters. The SMILES string of the molecule is N#CC(=Cc1ccc(-c2ccc([N+](=O)[O-])cc2)o1)C(=O)Nc1cccc([N+](=O)[O-])c1. The Hall–Kier alpha value is -4.78. The van der Waals surface area contributed by atoms with E-state index in [9.17, 15) is 30.3 Å². The Morgan fingerprint density at radius 2 is 1.70 bits per heavy atom. The van der Waals surface area contributed by atoms with Crippen molar-refractivity contribution in [3.63, 3.8) is 0 Å². The zero-order valence-corrected chi connectivity index (χ0v) is 15.1. The molecule has 1 amide bonds. The van der Waals surface area contributed by atoms with E-state index in [0.29, 0.717) is 11.3 Å². The number of non-ortho nitro benzene ring substituents is 2. The van der Waals surface area contributed by atoms with E-state index < -0.39 is 15.8 Å². The molecule has 0 fully saturated rings. The first kappa shape index (κ1) is 20.0. The number of rotatable bonds is 6. The zero-order valence-electron chi connectivity index (χ0n) is 15.1. The quantitative estimate of drug-likeness (QED) is 0.278. The molecule has 0 aliphatic rings. The molecule has 10 heteroatoms. The van der Waals surface area contributed by atoms with Gasteiger partial charge in [-0.1, -0.05) is 6.07 Å². The number of carbonyl (C=O) groups is 1. The largest absolute Gasteiger partial charge is 0.457 e. The molecule has 0 bridgehead atoms. The molecule has 3 aromatic rings. The third kappa shape index (κ3) is 4.55. The summed E-state index contributed by atoms with van der Waals surface area (Å²) < 4.78 is 5.59. The smallest absolute Gasteiger partial charge is 0.271 e. The molecule has 0 aliphatic heterocycles. The number of carbonyl (C=O) groups excluding carboxylic acids is 1. The van der Waals surface area contributed by atoms with Gasteiger partial charge in [0.15, 0.2) is 0 Å². The Kier molecular flexibility index (Phi) is 5.65. The van der Waals surface area contributed by atoms with Gasteiger partial charge in [0, 0.05) is 41.6 Å². The van der Waals surface area contributed by atoms with E-state index in [-0.39, 0.29) is 28.4 Å². The van der Waals surface area contributed by atoms with Crippen molar-refractivity contribution in [3.8, 4) is 17.4 Å². The van der Waals surface area contributed by atoms with Crippen molar-refractivity contribution in [2.45, 2.75) is 0 Å². The summed E-state index contributed by atoms with van der Waals surface area (Å²) in [5.74, 6) is -0.145. The van der Waals surface area contributed by atoms with Crippen LogP contribution in [0.5, 0.6) is 0 Å². The van der Waals surface area contributed by atoms with Crippen LogP contribution in [-0.2, 0) is 4.79 Å². The van der Waals surface area contributed by atoms with Crippen LogP contribution in [0.3, 0.4) is 0 Å². The van der Waals surface area contributed by atoms with Crippen molar-refractivity contribution in [2.24, 2.45) is 0 Å². The lowest BCUT2D eigenvalue weighted by atomic mass is 10.1. The Labute approximate surface area is 169 Å². The fraction of sp³-hybridized carbons (Fsp3) is 0. The highest BCUT2D eigenvalue weighted by molar-refractivity contribution is 6.09. The lowest BCUT2D eigenvalue weighted by molar-refractivity contribution is -0.385. The second kappa shape index (κ2) is 8.49. The Morgan fingerprint density at radius 1 is 1.00 bits per heavy atom. The second-order valence-corrected chi connectivity index (χ2v) is 5.94. The molecule has 0 radical (unpaired) electrons. The minimum atomic E-state index is -0.758. The fourth-order valence-corrected chi connectivity index (χ4v) is 2.52. The third-order valence-corrected chi connectivity index (χ3v) is 3.96. The summed E-state index contributed by atoms with van der Waals surface area (Å²) in [5.41, 5.74) is 0.219. The van der Waals surface area contributed by atoms with Crippen LogP contribution in [0.1, 0.15) is 5.76 Å². The Morgan fingerprint density at radius 3 is 2.33 bits per heavy atom. The lowest BCUT2D eigenvalue weighted by Gasteiger charge is -2.03. The van der Waals surface area contributed by atoms with E-state index in [1.54, 1.807) is 12.1 Å². The van der Waals surface area contributed by atoms with Crippen LogP contribution in [-0.4, -0.2) is 15.8 Å². The number of nitriles is 1. The molecule has 0 saturated carbocycles. The molecule has 1 N–H and O–H groups in total. The van der Waals surface area contributed by atoms with Gasteiger partial charge in [0.2, 0.25) is 0 Å². The minimum absolute atomic E-state index is 0.0602. The average molecular weight is 404 g/mol. The summed E-state index contributed by atoms with van der Waals surface area (Å²) in [6.07, 6.45) is 1.22. The van der Waals surface area contributed by atoms with Crippen molar-refractivity contribution >= 4 is 29.0 Å². The second-order valence-electron chi connectivity index (χ2n) is 5.94. The number of hydrogen-bond donors (Lipinski definition) is 1. The van der Waals surface area contributed by atoms with Crippen LogP contribution in [0.2, 0.25) is 0 Å². The normalized spacial score (nSPS) is 10.8. The summed E-state index contributed by atoms with van der Waals surface area (Å²) in [4.78, 5) is 32.8. The van der Waals surface area contributed by atoms with Gasteiger partial charge < -0.3 is 9.73 Å². The summed E-state index contributed by atoms with van der Waals surface area (Å²) in [6.45, 7) is 0. The summed E-state index contributed by atoms with van der Waals surface area (Å²) in [5, 5.41) is 33.3. The van der Waals surface area contributed by atoms with Crippen LogP contribution in [0.25, 0.3) is 17.4 Å². The van der Waals surface area contributed by atoms with Gasteiger partial charge in [-0.05, 0) is 30.3 Å². The van der Waals surface area contributed by atoms with Crippen LogP contribution >= 0.6 is 0 Å². The number of anilines is 1. The fourth-order valence-electron chi connectivity index (χ4n) is 2.52. The zero-order chi connectivity index (χ0) is 21.7. The molecular weight excluding hydrogens is 392 g/mol. The van der Waals surface area contributed by atoms with Gasteiger partial charge >= 0.3 is 0 Å². The lowest BCUT2D eigenvalue weighted by Crippen LogP contribution is -2.13. The summed E-state index contributed by atoms with van der Waals surface area (Å²) in [6, 6.07) is 15.9. The van der Waals surface area contributed by atoms with Gasteiger partial charge in [-0.3, -0.25) is 25.0 Å². The molecule has 30 heavy (non-hydrogen) atoms. The predicted octanol–water partition coefficient (Wildman–Crippen LogP) is 4.31. The first-order chi connectivity index (χ1) is 14.4. The van der Waals surface area contributed by atoms with Crippen LogP contribution in [0.15, 0.2) is 70.7 Å². The van der Waals surface area contributed by atoms with Crippen LogP contribution in [0, 0.1) is 31.6 Å². The number of nitrogens with one attached hydrogen (secondary N) is 1. The first-order valence-corrected chi connectivity index (χ1v) is 8.39. The van der Waals surface area contributed by atoms with E-state index in [0.717, 1.165) is 0 Å². The number of benzene rings is 2. The van der Waals surface area contributed by atoms with E-state index in [1.807, 2.05) is 0 Å². The Balaban J connectivity index is 1.78. The molecule has 3 rings (SSSR count). The number of hydrogen-bond acceptors (Lipinski definition) is 7. The van der Waals surface area contributed by atoms with Gasteiger partial charge in [-0.25, -0.2) is 0 Å². The highest BCUT2D eigenvalue weighted by atomic mass is 16.6. The Bertz CT molecular complexity index is 1200. The standard InChI is InChI=1S/C20H12N4O6/c21-12-14(20(25)22-15-2-1-3-17(11-15)24(28)29)10-18-8-9-19(30-18)13-4-6-16(7-5-13)23(26)27/h1-11H,(H,22,25). The van der Waals surface area contributed by atoms with E-state index in [1.165, 1.54) is 60.7 Å². The molecular formula is C20H12N4O6. The van der Waals surface area contributed by atoms with Gasteiger partial charge in [-0.15, -0.1) is 0 Å². The maximum absolute atomic E-state index is 12.3. The van der Waals surface area contributed by atoms with Gasteiger partial charge in [0.1, 0.15) is 23.2 Å². The number of nitrogens with zero attached hydrogens (tertiary/aromatic N) is 3. The molecule has 0 unspecified atom stereocenters. The number of furan rings is 1. The number of nitro benzene ring substituents is 2. The summed E-state index contributed by atoms with van der Waals surface area (Å²) in [7, 11) is 0.